The standard InChI is InChI=1S/C22H21F3N6OS/c1-11-13(5-6-15-20(11)33-10-26-15)21(32)31-8-7-14-18(12(31)2)28-30(4)19(14)16-9-17(22(23,24)25)27-29(16)3/h5-6,9-10,12H,7-8H2,1-4H3/t12-/m0/s1. The van der Waals surface area contributed by atoms with E-state index >= 15 is 0 Å². The van der Waals surface area contributed by atoms with Gasteiger partial charge in [0, 0.05) is 31.8 Å². The Balaban J connectivity index is 1.52. The van der Waals surface area contributed by atoms with Crippen LogP contribution in [0.2, 0.25) is 0 Å². The molecule has 7 nitrogen and oxygen atoms in total. The molecule has 1 amide bonds. The van der Waals surface area contributed by atoms with Gasteiger partial charge in [0.1, 0.15) is 0 Å². The van der Waals surface area contributed by atoms with Crippen LogP contribution in [0.5, 0.6) is 0 Å². The van der Waals surface area contributed by atoms with E-state index in [2.05, 4.69) is 15.2 Å². The summed E-state index contributed by atoms with van der Waals surface area (Å²) in [5, 5.41) is 8.25. The quantitative estimate of drug-likeness (QED) is 0.429. The number of alkyl halides is 3. The van der Waals surface area contributed by atoms with E-state index in [1.54, 1.807) is 28.2 Å². The van der Waals surface area contributed by atoms with Gasteiger partial charge in [-0.15, -0.1) is 11.3 Å². The molecule has 1 aliphatic rings. The van der Waals surface area contributed by atoms with Gasteiger partial charge in [0.2, 0.25) is 0 Å². The van der Waals surface area contributed by atoms with Gasteiger partial charge in [-0.05, 0) is 44.0 Å². The molecule has 3 aromatic heterocycles. The first-order valence-corrected chi connectivity index (χ1v) is 11.3. The van der Waals surface area contributed by atoms with Crippen molar-refractivity contribution in [2.75, 3.05) is 6.54 Å². The first kappa shape index (κ1) is 21.6. The zero-order valence-corrected chi connectivity index (χ0v) is 19.3. The van der Waals surface area contributed by atoms with Crippen LogP contribution in [-0.2, 0) is 26.7 Å². The molecule has 11 heteroatoms. The minimum absolute atomic E-state index is 0.0898. The highest BCUT2D eigenvalue weighted by Gasteiger charge is 2.37. The topological polar surface area (TPSA) is 68.8 Å². The Kier molecular flexibility index (Phi) is 4.85. The largest absolute Gasteiger partial charge is 0.435 e. The van der Waals surface area contributed by atoms with E-state index in [-0.39, 0.29) is 11.9 Å². The van der Waals surface area contributed by atoms with Crippen molar-refractivity contribution in [1.29, 1.82) is 0 Å². The number of hydrogen-bond donors (Lipinski definition) is 0. The fourth-order valence-electron chi connectivity index (χ4n) is 4.62. The molecule has 1 aliphatic heterocycles. The van der Waals surface area contributed by atoms with Crippen LogP contribution < -0.4 is 0 Å². The van der Waals surface area contributed by atoms with E-state index < -0.39 is 11.9 Å². The highest BCUT2D eigenvalue weighted by atomic mass is 32.1. The molecule has 5 rings (SSSR count). The minimum atomic E-state index is -4.53. The van der Waals surface area contributed by atoms with Crippen molar-refractivity contribution in [1.82, 2.24) is 29.4 Å². The van der Waals surface area contributed by atoms with Crippen molar-refractivity contribution in [3.05, 3.63) is 51.8 Å². The van der Waals surface area contributed by atoms with Crippen molar-refractivity contribution in [3.8, 4) is 11.4 Å². The SMILES string of the molecule is Cc1c(C(=O)N2CCc3c(nn(C)c3-c3cc(C(F)(F)F)nn3C)[C@@H]2C)ccc2ncsc12. The molecule has 0 radical (unpaired) electrons. The van der Waals surface area contributed by atoms with Crippen molar-refractivity contribution in [2.45, 2.75) is 32.5 Å². The fraction of sp³-hybridized carbons (Fsp3) is 0.364. The van der Waals surface area contributed by atoms with E-state index in [0.29, 0.717) is 35.6 Å². The summed E-state index contributed by atoms with van der Waals surface area (Å²) in [6, 6.07) is 4.38. The molecular weight excluding hydrogens is 453 g/mol. The lowest BCUT2D eigenvalue weighted by atomic mass is 9.96. The van der Waals surface area contributed by atoms with Crippen LogP contribution >= 0.6 is 11.3 Å². The molecule has 0 spiro atoms. The summed E-state index contributed by atoms with van der Waals surface area (Å²) in [7, 11) is 3.19. The lowest BCUT2D eigenvalue weighted by Gasteiger charge is -2.33. The van der Waals surface area contributed by atoms with Crippen LogP contribution in [0, 0.1) is 6.92 Å². The Morgan fingerprint density at radius 3 is 2.64 bits per heavy atom. The minimum Gasteiger partial charge on any atom is -0.330 e. The number of aromatic nitrogens is 5. The average molecular weight is 475 g/mol. The summed E-state index contributed by atoms with van der Waals surface area (Å²) in [5.74, 6) is -0.0898. The van der Waals surface area contributed by atoms with Gasteiger partial charge < -0.3 is 4.90 Å². The number of hydrogen-bond acceptors (Lipinski definition) is 5. The van der Waals surface area contributed by atoms with Crippen LogP contribution in [0.3, 0.4) is 0 Å². The normalized spacial score (nSPS) is 16.5. The van der Waals surface area contributed by atoms with Crippen molar-refractivity contribution >= 4 is 27.5 Å². The number of thiazole rings is 1. The third-order valence-corrected chi connectivity index (χ3v) is 7.26. The van der Waals surface area contributed by atoms with Crippen LogP contribution in [0.4, 0.5) is 13.2 Å². The van der Waals surface area contributed by atoms with Crippen LogP contribution in [0.1, 0.15) is 45.8 Å². The Bertz CT molecular complexity index is 1400. The zero-order valence-electron chi connectivity index (χ0n) is 18.4. The first-order chi connectivity index (χ1) is 15.6. The second kappa shape index (κ2) is 7.41. The number of fused-ring (bicyclic) bond motifs is 2. The smallest absolute Gasteiger partial charge is 0.330 e. The van der Waals surface area contributed by atoms with Gasteiger partial charge in [0.15, 0.2) is 5.69 Å². The van der Waals surface area contributed by atoms with Crippen molar-refractivity contribution in [2.24, 2.45) is 14.1 Å². The molecule has 0 saturated heterocycles. The Labute approximate surface area is 191 Å². The Hall–Kier alpha value is -3.21. The average Bonchev–Trinajstić information content (AvgIpc) is 3.45. The van der Waals surface area contributed by atoms with E-state index in [0.717, 1.165) is 27.4 Å². The molecular formula is C22H21F3N6OS. The van der Waals surface area contributed by atoms with Crippen molar-refractivity contribution in [3.63, 3.8) is 0 Å². The monoisotopic (exact) mass is 474 g/mol. The number of aryl methyl sites for hydroxylation is 3. The summed E-state index contributed by atoms with van der Waals surface area (Å²) >= 11 is 1.50. The molecule has 4 aromatic rings. The van der Waals surface area contributed by atoms with Gasteiger partial charge in [0.05, 0.1) is 38.9 Å². The van der Waals surface area contributed by atoms with E-state index in [9.17, 15) is 18.0 Å². The summed E-state index contributed by atoms with van der Waals surface area (Å²) in [5.41, 5.74) is 5.69. The van der Waals surface area contributed by atoms with Crippen LogP contribution in [0.25, 0.3) is 21.6 Å². The molecule has 0 N–H and O–H groups in total. The fourth-order valence-corrected chi connectivity index (χ4v) is 5.42. The second-order valence-corrected chi connectivity index (χ2v) is 9.09. The van der Waals surface area contributed by atoms with Gasteiger partial charge in [-0.25, -0.2) is 4.98 Å². The third-order valence-electron chi connectivity index (χ3n) is 6.29. The maximum absolute atomic E-state index is 13.5. The van der Waals surface area contributed by atoms with Gasteiger partial charge >= 0.3 is 6.18 Å². The Morgan fingerprint density at radius 1 is 1.18 bits per heavy atom. The Morgan fingerprint density at radius 2 is 1.94 bits per heavy atom. The second-order valence-electron chi connectivity index (χ2n) is 8.24. The summed E-state index contributed by atoms with van der Waals surface area (Å²) in [6.45, 7) is 4.26. The third kappa shape index (κ3) is 3.33. The van der Waals surface area contributed by atoms with Crippen LogP contribution in [0.15, 0.2) is 23.7 Å². The molecule has 172 valence electrons. The molecule has 1 atom stereocenters. The number of benzene rings is 1. The predicted octanol–water partition coefficient (Wildman–Crippen LogP) is 4.52. The number of carbonyl (C=O) groups is 1. The number of nitrogens with zero attached hydrogens (tertiary/aromatic N) is 6. The van der Waals surface area contributed by atoms with Gasteiger partial charge in [0.25, 0.3) is 5.91 Å². The molecule has 0 saturated carbocycles. The van der Waals surface area contributed by atoms with Gasteiger partial charge in [-0.3, -0.25) is 14.2 Å². The first-order valence-electron chi connectivity index (χ1n) is 10.4. The molecule has 0 unspecified atom stereocenters. The molecule has 4 heterocycles. The summed E-state index contributed by atoms with van der Waals surface area (Å²) in [6.07, 6.45) is -4.04. The maximum atomic E-state index is 13.5. The summed E-state index contributed by atoms with van der Waals surface area (Å²) < 4.78 is 43.4. The molecule has 33 heavy (non-hydrogen) atoms. The van der Waals surface area contributed by atoms with E-state index in [1.165, 1.54) is 23.1 Å². The number of rotatable bonds is 2. The molecule has 0 fully saturated rings. The maximum Gasteiger partial charge on any atom is 0.435 e. The number of amides is 1. The van der Waals surface area contributed by atoms with Crippen LogP contribution in [-0.4, -0.2) is 41.9 Å². The highest BCUT2D eigenvalue weighted by Crippen LogP contribution is 2.38. The molecule has 1 aromatic carbocycles. The lowest BCUT2D eigenvalue weighted by Crippen LogP contribution is -2.39. The zero-order chi connectivity index (χ0) is 23.7. The van der Waals surface area contributed by atoms with Gasteiger partial charge in [-0.1, -0.05) is 0 Å². The predicted molar refractivity (Wildman–Crippen MR) is 118 cm³/mol. The number of carbonyl (C=O) groups excluding carboxylic acids is 1. The highest BCUT2D eigenvalue weighted by molar-refractivity contribution is 7.17. The van der Waals surface area contributed by atoms with Gasteiger partial charge in [-0.2, -0.15) is 23.4 Å². The summed E-state index contributed by atoms with van der Waals surface area (Å²) in [4.78, 5) is 19.6. The molecule has 0 aliphatic carbocycles. The van der Waals surface area contributed by atoms with E-state index in [4.69, 9.17) is 0 Å². The molecule has 0 bridgehead atoms. The lowest BCUT2D eigenvalue weighted by molar-refractivity contribution is -0.141. The number of halogens is 3. The van der Waals surface area contributed by atoms with E-state index in [1.807, 2.05) is 19.9 Å². The van der Waals surface area contributed by atoms with Crippen molar-refractivity contribution < 1.29 is 18.0 Å².